The van der Waals surface area contributed by atoms with Crippen molar-refractivity contribution in [2.75, 3.05) is 0 Å². The SMILES string of the molecule is Cc1coc(SC2CCCC2(C)O)n1. The minimum Gasteiger partial charge on any atom is -0.440 e. The Morgan fingerprint density at radius 2 is 2.50 bits per heavy atom. The topological polar surface area (TPSA) is 46.3 Å². The van der Waals surface area contributed by atoms with E-state index in [9.17, 15) is 5.11 Å². The van der Waals surface area contributed by atoms with E-state index < -0.39 is 5.60 Å². The third-order valence-corrected chi connectivity index (χ3v) is 4.10. The Bertz CT molecular complexity index is 322. The first-order chi connectivity index (χ1) is 6.58. The Hall–Kier alpha value is -0.480. The lowest BCUT2D eigenvalue weighted by Crippen LogP contribution is -2.30. The predicted molar refractivity (Wildman–Crippen MR) is 55.4 cm³/mol. The molecule has 1 aliphatic rings. The van der Waals surface area contributed by atoms with Crippen LogP contribution < -0.4 is 0 Å². The number of nitrogens with zero attached hydrogens (tertiary/aromatic N) is 1. The molecule has 2 rings (SSSR count). The van der Waals surface area contributed by atoms with Gasteiger partial charge >= 0.3 is 0 Å². The zero-order valence-corrected chi connectivity index (χ0v) is 9.30. The number of thioether (sulfide) groups is 1. The van der Waals surface area contributed by atoms with Gasteiger partial charge in [0.05, 0.1) is 11.3 Å². The van der Waals surface area contributed by atoms with Crippen molar-refractivity contribution in [3.63, 3.8) is 0 Å². The molecule has 1 aromatic heterocycles. The summed E-state index contributed by atoms with van der Waals surface area (Å²) in [6.07, 6.45) is 4.65. The highest BCUT2D eigenvalue weighted by Crippen LogP contribution is 2.40. The van der Waals surface area contributed by atoms with Crippen molar-refractivity contribution in [3.05, 3.63) is 12.0 Å². The van der Waals surface area contributed by atoms with Crippen LogP contribution in [0.1, 0.15) is 31.9 Å². The largest absolute Gasteiger partial charge is 0.440 e. The number of aromatic nitrogens is 1. The lowest BCUT2D eigenvalue weighted by atomic mass is 10.1. The molecule has 1 N–H and O–H groups in total. The van der Waals surface area contributed by atoms with Gasteiger partial charge in [0.2, 0.25) is 0 Å². The zero-order chi connectivity index (χ0) is 10.2. The van der Waals surface area contributed by atoms with E-state index in [4.69, 9.17) is 4.42 Å². The molecule has 0 aliphatic heterocycles. The monoisotopic (exact) mass is 213 g/mol. The standard InChI is InChI=1S/C10H15NO2S/c1-7-6-13-9(11-7)14-8-4-3-5-10(8,2)12/h6,8,12H,3-5H2,1-2H3. The highest BCUT2D eigenvalue weighted by Gasteiger charge is 2.38. The van der Waals surface area contributed by atoms with Gasteiger partial charge in [-0.2, -0.15) is 0 Å². The van der Waals surface area contributed by atoms with E-state index in [1.54, 1.807) is 18.0 Å². The molecule has 78 valence electrons. The van der Waals surface area contributed by atoms with Crippen LogP contribution in [0.2, 0.25) is 0 Å². The van der Waals surface area contributed by atoms with Crippen LogP contribution in [0.25, 0.3) is 0 Å². The van der Waals surface area contributed by atoms with Gasteiger partial charge in [-0.3, -0.25) is 0 Å². The number of aliphatic hydroxyl groups is 1. The fourth-order valence-electron chi connectivity index (χ4n) is 1.81. The minimum absolute atomic E-state index is 0.223. The molecule has 0 spiro atoms. The van der Waals surface area contributed by atoms with Gasteiger partial charge in [0.15, 0.2) is 0 Å². The second-order valence-corrected chi connectivity index (χ2v) is 5.26. The molecule has 14 heavy (non-hydrogen) atoms. The van der Waals surface area contributed by atoms with Crippen LogP contribution in [-0.4, -0.2) is 20.9 Å². The van der Waals surface area contributed by atoms with Crippen LogP contribution in [0, 0.1) is 6.92 Å². The van der Waals surface area contributed by atoms with Gasteiger partial charge in [-0.05, 0) is 33.1 Å². The molecular formula is C10H15NO2S. The molecule has 0 bridgehead atoms. The Labute approximate surface area is 87.9 Å². The van der Waals surface area contributed by atoms with Gasteiger partial charge in [-0.1, -0.05) is 11.8 Å². The van der Waals surface area contributed by atoms with E-state index in [-0.39, 0.29) is 5.25 Å². The summed E-state index contributed by atoms with van der Waals surface area (Å²) in [5.41, 5.74) is 0.331. The molecule has 1 heterocycles. The smallest absolute Gasteiger partial charge is 0.256 e. The number of aryl methyl sites for hydroxylation is 1. The van der Waals surface area contributed by atoms with Crippen molar-refractivity contribution in [3.8, 4) is 0 Å². The average molecular weight is 213 g/mol. The predicted octanol–water partition coefficient (Wildman–Crippen LogP) is 2.38. The molecule has 0 amide bonds. The van der Waals surface area contributed by atoms with Crippen molar-refractivity contribution in [1.82, 2.24) is 4.98 Å². The molecule has 3 nitrogen and oxygen atoms in total. The normalized spacial score (nSPS) is 32.4. The second-order valence-electron chi connectivity index (χ2n) is 4.11. The summed E-state index contributed by atoms with van der Waals surface area (Å²) in [6.45, 7) is 3.80. The van der Waals surface area contributed by atoms with Crippen LogP contribution in [-0.2, 0) is 0 Å². The number of oxazole rings is 1. The van der Waals surface area contributed by atoms with Crippen LogP contribution in [0.3, 0.4) is 0 Å². The minimum atomic E-state index is -0.562. The van der Waals surface area contributed by atoms with Gasteiger partial charge < -0.3 is 9.52 Å². The Morgan fingerprint density at radius 3 is 3.00 bits per heavy atom. The third-order valence-electron chi connectivity index (χ3n) is 2.68. The van der Waals surface area contributed by atoms with Gasteiger partial charge in [-0.25, -0.2) is 4.98 Å². The molecule has 2 unspecified atom stereocenters. The highest BCUT2D eigenvalue weighted by molar-refractivity contribution is 7.99. The molecule has 0 radical (unpaired) electrons. The number of hydrogen-bond donors (Lipinski definition) is 1. The van der Waals surface area contributed by atoms with Crippen molar-refractivity contribution in [2.45, 2.75) is 49.2 Å². The Kier molecular flexibility index (Phi) is 2.58. The number of hydrogen-bond acceptors (Lipinski definition) is 4. The van der Waals surface area contributed by atoms with E-state index in [1.165, 1.54) is 0 Å². The molecule has 1 aromatic rings. The fraction of sp³-hybridized carbons (Fsp3) is 0.700. The summed E-state index contributed by atoms with van der Waals surface area (Å²) in [5, 5.41) is 10.9. The zero-order valence-electron chi connectivity index (χ0n) is 8.49. The van der Waals surface area contributed by atoms with Crippen LogP contribution in [0.5, 0.6) is 0 Å². The highest BCUT2D eigenvalue weighted by atomic mass is 32.2. The first-order valence-electron chi connectivity index (χ1n) is 4.89. The molecule has 1 saturated carbocycles. The Balaban J connectivity index is 2.04. The van der Waals surface area contributed by atoms with Crippen LogP contribution in [0.15, 0.2) is 15.9 Å². The molecule has 0 aromatic carbocycles. The molecule has 4 heteroatoms. The van der Waals surface area contributed by atoms with Gasteiger partial charge in [-0.15, -0.1) is 0 Å². The quantitative estimate of drug-likeness (QED) is 0.819. The average Bonchev–Trinajstić information content (AvgIpc) is 2.61. The lowest BCUT2D eigenvalue weighted by molar-refractivity contribution is 0.0731. The summed E-state index contributed by atoms with van der Waals surface area (Å²) in [4.78, 5) is 4.22. The van der Waals surface area contributed by atoms with Gasteiger partial charge in [0.1, 0.15) is 6.26 Å². The summed E-state index contributed by atoms with van der Waals surface area (Å²) < 4.78 is 5.26. The fourth-order valence-corrected chi connectivity index (χ4v) is 3.01. The van der Waals surface area contributed by atoms with Crippen molar-refractivity contribution in [2.24, 2.45) is 0 Å². The third kappa shape index (κ3) is 1.96. The Morgan fingerprint density at radius 1 is 1.71 bits per heavy atom. The van der Waals surface area contributed by atoms with Crippen molar-refractivity contribution < 1.29 is 9.52 Å². The maximum Gasteiger partial charge on any atom is 0.256 e. The van der Waals surface area contributed by atoms with E-state index in [2.05, 4.69) is 4.98 Å². The summed E-state index contributed by atoms with van der Waals surface area (Å²) in [5.74, 6) is 0. The van der Waals surface area contributed by atoms with E-state index in [0.717, 1.165) is 25.0 Å². The van der Waals surface area contributed by atoms with Crippen molar-refractivity contribution >= 4 is 11.8 Å². The molecule has 1 fully saturated rings. The molecule has 1 aliphatic carbocycles. The lowest BCUT2D eigenvalue weighted by Gasteiger charge is -2.23. The summed E-state index contributed by atoms with van der Waals surface area (Å²) >= 11 is 1.55. The maximum atomic E-state index is 10.0. The van der Waals surface area contributed by atoms with Gasteiger partial charge in [0.25, 0.3) is 5.22 Å². The number of rotatable bonds is 2. The summed E-state index contributed by atoms with van der Waals surface area (Å²) in [6, 6.07) is 0. The van der Waals surface area contributed by atoms with Gasteiger partial charge in [0, 0.05) is 5.25 Å². The van der Waals surface area contributed by atoms with Crippen LogP contribution >= 0.6 is 11.8 Å². The van der Waals surface area contributed by atoms with Crippen molar-refractivity contribution in [1.29, 1.82) is 0 Å². The van der Waals surface area contributed by atoms with E-state index >= 15 is 0 Å². The first kappa shape index (κ1) is 10.1. The molecule has 0 saturated heterocycles. The van der Waals surface area contributed by atoms with Crippen LogP contribution in [0.4, 0.5) is 0 Å². The molecular weight excluding hydrogens is 198 g/mol. The van der Waals surface area contributed by atoms with E-state index in [1.807, 2.05) is 13.8 Å². The summed E-state index contributed by atoms with van der Waals surface area (Å²) in [7, 11) is 0. The molecule has 2 atom stereocenters. The maximum absolute atomic E-state index is 10.0. The first-order valence-corrected chi connectivity index (χ1v) is 5.77. The second kappa shape index (κ2) is 3.59. The van der Waals surface area contributed by atoms with E-state index in [0.29, 0.717) is 5.22 Å².